The van der Waals surface area contributed by atoms with Gasteiger partial charge in [0.1, 0.15) is 11.6 Å². The number of benzene rings is 3. The fourth-order valence-corrected chi connectivity index (χ4v) is 4.69. The number of piperazine rings is 1. The molecular formula is C25H23F2N3O. The van der Waals surface area contributed by atoms with Crippen LogP contribution in [0.25, 0.3) is 11.1 Å². The van der Waals surface area contributed by atoms with Crippen LogP contribution in [0.5, 0.6) is 0 Å². The first-order chi connectivity index (χ1) is 15.1. The summed E-state index contributed by atoms with van der Waals surface area (Å²) in [6, 6.07) is 20.5. The molecule has 1 aliphatic heterocycles. The van der Waals surface area contributed by atoms with Gasteiger partial charge < -0.3 is 5.32 Å². The maximum Gasteiger partial charge on any atom is 0.238 e. The van der Waals surface area contributed by atoms with Gasteiger partial charge in [0.15, 0.2) is 0 Å². The first kappa shape index (κ1) is 19.8. The molecule has 6 heteroatoms. The molecule has 0 unspecified atom stereocenters. The van der Waals surface area contributed by atoms with E-state index in [4.69, 9.17) is 0 Å². The van der Waals surface area contributed by atoms with Crippen LogP contribution >= 0.6 is 0 Å². The van der Waals surface area contributed by atoms with Crippen molar-refractivity contribution in [2.75, 3.05) is 38.0 Å². The van der Waals surface area contributed by atoms with Crippen molar-refractivity contribution in [3.63, 3.8) is 0 Å². The van der Waals surface area contributed by atoms with Gasteiger partial charge >= 0.3 is 0 Å². The molecule has 0 bridgehead atoms. The summed E-state index contributed by atoms with van der Waals surface area (Å²) in [7, 11) is 0. The smallest absolute Gasteiger partial charge is 0.238 e. The van der Waals surface area contributed by atoms with Gasteiger partial charge in [-0.05, 0) is 34.4 Å². The minimum Gasteiger partial charge on any atom is -0.322 e. The molecule has 1 amide bonds. The molecule has 0 atom stereocenters. The van der Waals surface area contributed by atoms with Crippen LogP contribution in [-0.4, -0.2) is 48.4 Å². The van der Waals surface area contributed by atoms with Gasteiger partial charge in [0.25, 0.3) is 0 Å². The number of carbonyl (C=O) groups is 1. The van der Waals surface area contributed by atoms with E-state index in [1.807, 2.05) is 0 Å². The van der Waals surface area contributed by atoms with Crippen LogP contribution in [-0.2, 0) is 4.79 Å². The summed E-state index contributed by atoms with van der Waals surface area (Å²) >= 11 is 0. The monoisotopic (exact) mass is 419 g/mol. The van der Waals surface area contributed by atoms with Crippen molar-refractivity contribution < 1.29 is 13.6 Å². The normalized spacial score (nSPS) is 16.7. The Morgan fingerprint density at radius 1 is 0.871 bits per heavy atom. The fraction of sp³-hybridized carbons (Fsp3) is 0.240. The standard InChI is InChI=1S/C25H23F2N3O/c26-17-9-10-23(22(27)15-17)28-24(31)16-29-11-13-30(14-12-29)25-20-7-3-1-5-18(20)19-6-2-4-8-21(19)25/h1-10,15,25H,11-14,16H2,(H,28,31). The van der Waals surface area contributed by atoms with E-state index in [-0.39, 0.29) is 24.2 Å². The van der Waals surface area contributed by atoms with Gasteiger partial charge in [0, 0.05) is 32.2 Å². The van der Waals surface area contributed by atoms with Crippen LogP contribution < -0.4 is 5.32 Å². The Hall–Kier alpha value is -3.09. The van der Waals surface area contributed by atoms with E-state index in [1.165, 1.54) is 28.3 Å². The van der Waals surface area contributed by atoms with Gasteiger partial charge in [-0.1, -0.05) is 48.5 Å². The van der Waals surface area contributed by atoms with Crippen LogP contribution in [0.4, 0.5) is 14.5 Å². The molecule has 1 heterocycles. The highest BCUT2D eigenvalue weighted by Crippen LogP contribution is 2.46. The summed E-state index contributed by atoms with van der Waals surface area (Å²) in [6.07, 6.45) is 0. The molecule has 4 nitrogen and oxygen atoms in total. The van der Waals surface area contributed by atoms with Crippen LogP contribution in [0.1, 0.15) is 17.2 Å². The maximum absolute atomic E-state index is 13.8. The summed E-state index contributed by atoms with van der Waals surface area (Å²) in [5, 5.41) is 2.54. The predicted molar refractivity (Wildman–Crippen MR) is 117 cm³/mol. The predicted octanol–water partition coefficient (Wildman–Crippen LogP) is 4.29. The van der Waals surface area contributed by atoms with E-state index in [9.17, 15) is 13.6 Å². The molecule has 0 aromatic heterocycles. The Morgan fingerprint density at radius 2 is 1.48 bits per heavy atom. The molecule has 1 N–H and O–H groups in total. The zero-order chi connectivity index (χ0) is 21.4. The highest BCUT2D eigenvalue weighted by atomic mass is 19.1. The second kappa shape index (κ2) is 8.21. The zero-order valence-corrected chi connectivity index (χ0v) is 17.0. The molecule has 2 aliphatic rings. The minimum absolute atomic E-state index is 0.00389. The lowest BCUT2D eigenvalue weighted by atomic mass is 10.0. The van der Waals surface area contributed by atoms with Crippen LogP contribution in [0.3, 0.4) is 0 Å². The van der Waals surface area contributed by atoms with Crippen LogP contribution in [0.15, 0.2) is 66.7 Å². The Morgan fingerprint density at radius 3 is 2.10 bits per heavy atom. The highest BCUT2D eigenvalue weighted by molar-refractivity contribution is 5.92. The second-order valence-electron chi connectivity index (χ2n) is 8.06. The topological polar surface area (TPSA) is 35.6 Å². The molecule has 0 spiro atoms. The molecule has 1 saturated heterocycles. The first-order valence-electron chi connectivity index (χ1n) is 10.5. The van der Waals surface area contributed by atoms with E-state index in [1.54, 1.807) is 0 Å². The van der Waals surface area contributed by atoms with Gasteiger partial charge in [0.2, 0.25) is 5.91 Å². The molecule has 158 valence electrons. The van der Waals surface area contributed by atoms with Gasteiger partial charge in [-0.3, -0.25) is 14.6 Å². The Labute approximate surface area is 180 Å². The number of hydrogen-bond acceptors (Lipinski definition) is 3. The minimum atomic E-state index is -0.767. The summed E-state index contributed by atoms with van der Waals surface area (Å²) in [4.78, 5) is 16.9. The van der Waals surface area contributed by atoms with E-state index in [0.29, 0.717) is 0 Å². The average molecular weight is 419 g/mol. The largest absolute Gasteiger partial charge is 0.322 e. The lowest BCUT2D eigenvalue weighted by Crippen LogP contribution is -2.49. The van der Waals surface area contributed by atoms with Gasteiger partial charge in [-0.2, -0.15) is 0 Å². The number of amides is 1. The van der Waals surface area contributed by atoms with Crippen molar-refractivity contribution in [3.05, 3.63) is 89.5 Å². The number of halogens is 2. The van der Waals surface area contributed by atoms with E-state index in [0.717, 1.165) is 38.3 Å². The third kappa shape index (κ3) is 3.84. The molecule has 0 saturated carbocycles. The fourth-order valence-electron chi connectivity index (χ4n) is 4.69. The molecule has 3 aromatic rings. The van der Waals surface area contributed by atoms with Gasteiger partial charge in [-0.15, -0.1) is 0 Å². The third-order valence-electron chi connectivity index (χ3n) is 6.15. The molecule has 0 radical (unpaired) electrons. The first-order valence-corrected chi connectivity index (χ1v) is 10.5. The molecule has 5 rings (SSSR count). The molecule has 3 aromatic carbocycles. The number of hydrogen-bond donors (Lipinski definition) is 1. The number of nitrogens with one attached hydrogen (secondary N) is 1. The van der Waals surface area contributed by atoms with Crippen LogP contribution in [0.2, 0.25) is 0 Å². The third-order valence-corrected chi connectivity index (χ3v) is 6.15. The maximum atomic E-state index is 13.8. The van der Waals surface area contributed by atoms with Crippen molar-refractivity contribution in [2.24, 2.45) is 0 Å². The lowest BCUT2D eigenvalue weighted by molar-refractivity contribution is -0.117. The second-order valence-corrected chi connectivity index (χ2v) is 8.06. The van der Waals surface area contributed by atoms with E-state index in [2.05, 4.69) is 63.6 Å². The Kier molecular flexibility index (Phi) is 5.26. The Balaban J connectivity index is 1.23. The lowest BCUT2D eigenvalue weighted by Gasteiger charge is -2.38. The van der Waals surface area contributed by atoms with Gasteiger partial charge in [-0.25, -0.2) is 8.78 Å². The number of anilines is 1. The summed E-state index contributed by atoms with van der Waals surface area (Å²) in [5.41, 5.74) is 5.27. The van der Waals surface area contributed by atoms with E-state index < -0.39 is 11.6 Å². The number of rotatable bonds is 4. The zero-order valence-electron chi connectivity index (χ0n) is 17.0. The van der Waals surface area contributed by atoms with Gasteiger partial charge in [0.05, 0.1) is 18.3 Å². The Bertz CT molecular complexity index is 1080. The van der Waals surface area contributed by atoms with E-state index >= 15 is 0 Å². The van der Waals surface area contributed by atoms with Crippen LogP contribution in [0, 0.1) is 11.6 Å². The molecule has 1 fully saturated rings. The number of carbonyl (C=O) groups excluding carboxylic acids is 1. The molecule has 31 heavy (non-hydrogen) atoms. The summed E-state index contributed by atoms with van der Waals surface area (Å²) in [6.45, 7) is 3.36. The molecule has 1 aliphatic carbocycles. The van der Waals surface area contributed by atoms with Crippen molar-refractivity contribution >= 4 is 11.6 Å². The molecular weight excluding hydrogens is 396 g/mol. The summed E-state index contributed by atoms with van der Waals surface area (Å²) < 4.78 is 26.8. The SMILES string of the molecule is O=C(CN1CCN(C2c3ccccc3-c3ccccc32)CC1)Nc1ccc(F)cc1F. The quantitative estimate of drug-likeness (QED) is 0.685. The number of fused-ring (bicyclic) bond motifs is 3. The van der Waals surface area contributed by atoms with Crippen molar-refractivity contribution in [2.45, 2.75) is 6.04 Å². The average Bonchev–Trinajstić information content (AvgIpc) is 3.11. The van der Waals surface area contributed by atoms with Crippen molar-refractivity contribution in [1.29, 1.82) is 0 Å². The highest BCUT2D eigenvalue weighted by Gasteiger charge is 2.34. The summed E-state index contributed by atoms with van der Waals surface area (Å²) in [5.74, 6) is -1.73. The van der Waals surface area contributed by atoms with Crippen molar-refractivity contribution in [3.8, 4) is 11.1 Å². The number of nitrogens with zero attached hydrogens (tertiary/aromatic N) is 2. The van der Waals surface area contributed by atoms with Crippen molar-refractivity contribution in [1.82, 2.24) is 9.80 Å².